The van der Waals surface area contributed by atoms with E-state index in [0.717, 1.165) is 49.8 Å². The second kappa shape index (κ2) is 9.72. The molecule has 0 spiro atoms. The van der Waals surface area contributed by atoms with Crippen molar-refractivity contribution in [3.8, 4) is 0 Å². The molecule has 2 saturated heterocycles. The second-order valence-corrected chi connectivity index (χ2v) is 9.19. The summed E-state index contributed by atoms with van der Waals surface area (Å²) >= 11 is 0. The molecule has 1 aromatic carbocycles. The molecule has 0 radical (unpaired) electrons. The van der Waals surface area contributed by atoms with Crippen LogP contribution in [0.2, 0.25) is 0 Å². The van der Waals surface area contributed by atoms with Crippen molar-refractivity contribution in [2.24, 2.45) is 0 Å². The van der Waals surface area contributed by atoms with Crippen LogP contribution in [0.1, 0.15) is 47.8 Å². The van der Waals surface area contributed by atoms with E-state index in [2.05, 4.69) is 15.1 Å². The lowest BCUT2D eigenvalue weighted by molar-refractivity contribution is 0.0897. The first-order chi connectivity index (χ1) is 16.5. The number of nitrogens with one attached hydrogen (secondary N) is 1. The molecular formula is C26H30F2N4O2. The first-order valence-corrected chi connectivity index (χ1v) is 12.0. The minimum Gasteiger partial charge on any atom is -0.395 e. The molecule has 5 rings (SSSR count). The Morgan fingerprint density at radius 3 is 2.65 bits per heavy atom. The summed E-state index contributed by atoms with van der Waals surface area (Å²) in [6.07, 6.45) is 3.25. The molecule has 180 valence electrons. The molecule has 0 bridgehead atoms. The number of pyridine rings is 1. The molecule has 3 aromatic rings. The van der Waals surface area contributed by atoms with Gasteiger partial charge < -0.3 is 20.2 Å². The molecular weight excluding hydrogens is 438 g/mol. The summed E-state index contributed by atoms with van der Waals surface area (Å²) in [5.74, 6) is -0.201. The molecule has 0 saturated carbocycles. The maximum Gasteiger partial charge on any atom is 0.268 e. The largest absolute Gasteiger partial charge is 0.395 e. The highest BCUT2D eigenvalue weighted by Gasteiger charge is 2.31. The maximum atomic E-state index is 14.6. The third kappa shape index (κ3) is 4.40. The summed E-state index contributed by atoms with van der Waals surface area (Å²) < 4.78 is 30.5. The van der Waals surface area contributed by atoms with Gasteiger partial charge in [-0.15, -0.1) is 0 Å². The zero-order valence-corrected chi connectivity index (χ0v) is 19.1. The number of fused-ring (bicyclic) bond motifs is 1. The van der Waals surface area contributed by atoms with Crippen LogP contribution in [0.5, 0.6) is 0 Å². The molecule has 4 heterocycles. The van der Waals surface area contributed by atoms with Crippen LogP contribution in [0.3, 0.4) is 0 Å². The zero-order valence-electron chi connectivity index (χ0n) is 19.1. The highest BCUT2D eigenvalue weighted by Crippen LogP contribution is 2.38. The van der Waals surface area contributed by atoms with Crippen LogP contribution in [0, 0.1) is 11.6 Å². The SMILES string of the molecule is O=C(NC1CCN(CCO)CC1)c1ccc2cccc(N3CCCC3c3cc(F)ccc3F)n12. The van der Waals surface area contributed by atoms with Crippen molar-refractivity contribution in [2.75, 3.05) is 37.7 Å². The van der Waals surface area contributed by atoms with Crippen LogP contribution >= 0.6 is 0 Å². The summed E-state index contributed by atoms with van der Waals surface area (Å²) in [4.78, 5) is 17.6. The summed E-state index contributed by atoms with van der Waals surface area (Å²) in [6.45, 7) is 3.20. The molecule has 1 atom stereocenters. The molecule has 2 fully saturated rings. The number of hydrogen-bond donors (Lipinski definition) is 2. The lowest BCUT2D eigenvalue weighted by Gasteiger charge is -2.32. The maximum absolute atomic E-state index is 14.6. The van der Waals surface area contributed by atoms with Crippen molar-refractivity contribution in [1.82, 2.24) is 14.6 Å². The lowest BCUT2D eigenvalue weighted by atomic mass is 10.0. The third-order valence-corrected chi connectivity index (χ3v) is 7.09. The van der Waals surface area contributed by atoms with Crippen molar-refractivity contribution >= 4 is 17.2 Å². The third-order valence-electron chi connectivity index (χ3n) is 7.09. The van der Waals surface area contributed by atoms with Crippen LogP contribution in [0.15, 0.2) is 48.5 Å². The van der Waals surface area contributed by atoms with Crippen molar-refractivity contribution < 1.29 is 18.7 Å². The average molecular weight is 469 g/mol. The molecule has 2 aliphatic rings. The Morgan fingerprint density at radius 1 is 1.03 bits per heavy atom. The van der Waals surface area contributed by atoms with E-state index in [-0.39, 0.29) is 24.6 Å². The molecule has 8 heteroatoms. The van der Waals surface area contributed by atoms with Gasteiger partial charge in [-0.2, -0.15) is 0 Å². The summed E-state index contributed by atoms with van der Waals surface area (Å²) in [6, 6.07) is 12.9. The predicted octanol–water partition coefficient (Wildman–Crippen LogP) is 3.75. The average Bonchev–Trinajstić information content (AvgIpc) is 3.49. The van der Waals surface area contributed by atoms with Gasteiger partial charge in [-0.25, -0.2) is 8.78 Å². The quantitative estimate of drug-likeness (QED) is 0.579. The number of halogens is 2. The van der Waals surface area contributed by atoms with E-state index in [0.29, 0.717) is 30.8 Å². The fourth-order valence-electron chi connectivity index (χ4n) is 5.38. The van der Waals surface area contributed by atoms with Gasteiger partial charge in [0.15, 0.2) is 0 Å². The molecule has 2 aromatic heterocycles. The van der Waals surface area contributed by atoms with Gasteiger partial charge in [-0.3, -0.25) is 9.20 Å². The van der Waals surface area contributed by atoms with Gasteiger partial charge >= 0.3 is 0 Å². The first kappa shape index (κ1) is 22.8. The van der Waals surface area contributed by atoms with Gasteiger partial charge in [-0.1, -0.05) is 6.07 Å². The van der Waals surface area contributed by atoms with Crippen LogP contribution in [-0.2, 0) is 0 Å². The number of nitrogens with zero attached hydrogens (tertiary/aromatic N) is 3. The highest BCUT2D eigenvalue weighted by molar-refractivity contribution is 5.95. The van der Waals surface area contributed by atoms with Crippen LogP contribution in [-0.4, -0.2) is 59.1 Å². The Hall–Kier alpha value is -2.97. The minimum absolute atomic E-state index is 0.0843. The number of rotatable bonds is 6. The molecule has 34 heavy (non-hydrogen) atoms. The van der Waals surface area contributed by atoms with E-state index < -0.39 is 11.6 Å². The van der Waals surface area contributed by atoms with E-state index >= 15 is 0 Å². The normalized spacial score (nSPS) is 19.7. The molecule has 0 aliphatic carbocycles. The Labute approximate surface area is 197 Å². The van der Waals surface area contributed by atoms with Crippen molar-refractivity contribution in [3.63, 3.8) is 0 Å². The number of amides is 1. The Kier molecular flexibility index (Phi) is 6.52. The fraction of sp³-hybridized carbons (Fsp3) is 0.423. The lowest BCUT2D eigenvalue weighted by Crippen LogP contribution is -2.45. The van der Waals surface area contributed by atoms with Crippen molar-refractivity contribution in [2.45, 2.75) is 37.8 Å². The highest BCUT2D eigenvalue weighted by atomic mass is 19.1. The standard InChI is InChI=1S/C26H30F2N4O2/c27-18-6-8-22(28)21(17-18)23-4-2-12-31(23)25-5-1-3-20-7-9-24(32(20)25)26(34)29-19-10-13-30(14-11-19)15-16-33/h1,3,5-9,17,19,23,33H,2,4,10-16H2,(H,29,34). The molecule has 1 amide bonds. The number of carbonyl (C=O) groups is 1. The Balaban J connectivity index is 1.42. The van der Waals surface area contributed by atoms with Gasteiger partial charge in [-0.05, 0) is 68.1 Å². The molecule has 1 unspecified atom stereocenters. The van der Waals surface area contributed by atoms with Gasteiger partial charge in [0.1, 0.15) is 23.1 Å². The number of likely N-dealkylation sites (tertiary alicyclic amines) is 1. The van der Waals surface area contributed by atoms with Gasteiger partial charge in [0.25, 0.3) is 5.91 Å². The first-order valence-electron chi connectivity index (χ1n) is 12.0. The topological polar surface area (TPSA) is 60.2 Å². The molecule has 2 N–H and O–H groups in total. The summed E-state index contributed by atoms with van der Waals surface area (Å²) in [5.41, 5.74) is 1.77. The number of aliphatic hydroxyl groups excluding tert-OH is 1. The summed E-state index contributed by atoms with van der Waals surface area (Å²) in [7, 11) is 0. The number of anilines is 1. The van der Waals surface area contributed by atoms with E-state index in [4.69, 9.17) is 5.11 Å². The minimum atomic E-state index is -0.451. The number of carbonyl (C=O) groups excluding carboxylic acids is 1. The van der Waals surface area contributed by atoms with Gasteiger partial charge in [0, 0.05) is 43.3 Å². The van der Waals surface area contributed by atoms with E-state index in [1.165, 1.54) is 12.1 Å². The van der Waals surface area contributed by atoms with Crippen LogP contribution in [0.4, 0.5) is 14.6 Å². The number of β-amino-alcohol motifs (C(OH)–C–C–N with tert-alkyl or cyclic N) is 1. The number of aliphatic hydroxyl groups is 1. The molecule has 6 nitrogen and oxygen atoms in total. The van der Waals surface area contributed by atoms with Gasteiger partial charge in [0.05, 0.1) is 12.6 Å². The van der Waals surface area contributed by atoms with E-state index in [9.17, 15) is 13.6 Å². The number of piperidine rings is 1. The summed E-state index contributed by atoms with van der Waals surface area (Å²) in [5, 5.41) is 12.3. The van der Waals surface area contributed by atoms with E-state index in [1.807, 2.05) is 34.7 Å². The Bertz CT molecular complexity index is 1170. The number of benzene rings is 1. The van der Waals surface area contributed by atoms with Crippen LogP contribution in [0.25, 0.3) is 5.52 Å². The van der Waals surface area contributed by atoms with Crippen LogP contribution < -0.4 is 10.2 Å². The number of hydrogen-bond acceptors (Lipinski definition) is 4. The zero-order chi connectivity index (χ0) is 23.7. The molecule has 2 aliphatic heterocycles. The van der Waals surface area contributed by atoms with Gasteiger partial charge in [0.2, 0.25) is 0 Å². The Morgan fingerprint density at radius 2 is 1.85 bits per heavy atom. The number of aromatic nitrogens is 1. The fourth-order valence-corrected chi connectivity index (χ4v) is 5.38. The van der Waals surface area contributed by atoms with Crippen molar-refractivity contribution in [3.05, 3.63) is 71.4 Å². The monoisotopic (exact) mass is 468 g/mol. The van der Waals surface area contributed by atoms with Crippen molar-refractivity contribution in [1.29, 1.82) is 0 Å². The smallest absolute Gasteiger partial charge is 0.268 e. The van der Waals surface area contributed by atoms with E-state index in [1.54, 1.807) is 0 Å². The predicted molar refractivity (Wildman–Crippen MR) is 127 cm³/mol. The second-order valence-electron chi connectivity index (χ2n) is 9.19.